The molecule has 2 aromatic heterocycles. The standard InChI is InChI=1S/C10H12N2O2/c1-12-5-4-11-10(12)7-8(13)9-3-2-6-14-9/h2-6,8,13H,7H2,1H3. The minimum absolute atomic E-state index is 0.469. The average Bonchev–Trinajstić information content (AvgIpc) is 2.77. The Labute approximate surface area is 81.8 Å². The van der Waals surface area contributed by atoms with Gasteiger partial charge in [-0.25, -0.2) is 4.98 Å². The number of aliphatic hydroxyl groups excluding tert-OH is 1. The van der Waals surface area contributed by atoms with E-state index < -0.39 is 6.10 Å². The van der Waals surface area contributed by atoms with E-state index in [1.54, 1.807) is 24.6 Å². The van der Waals surface area contributed by atoms with Crippen LogP contribution in [0, 0.1) is 0 Å². The highest BCUT2D eigenvalue weighted by Crippen LogP contribution is 2.17. The highest BCUT2D eigenvalue weighted by atomic mass is 16.4. The molecular weight excluding hydrogens is 180 g/mol. The Balaban J connectivity index is 2.09. The van der Waals surface area contributed by atoms with Crippen LogP contribution in [0.15, 0.2) is 35.2 Å². The van der Waals surface area contributed by atoms with Gasteiger partial charge in [0.2, 0.25) is 0 Å². The van der Waals surface area contributed by atoms with Crippen molar-refractivity contribution in [1.82, 2.24) is 9.55 Å². The maximum absolute atomic E-state index is 9.76. The Morgan fingerprint density at radius 2 is 2.50 bits per heavy atom. The Morgan fingerprint density at radius 3 is 3.07 bits per heavy atom. The Hall–Kier alpha value is -1.55. The summed E-state index contributed by atoms with van der Waals surface area (Å²) in [6.07, 6.45) is 4.97. The van der Waals surface area contributed by atoms with E-state index in [1.165, 1.54) is 0 Å². The summed E-state index contributed by atoms with van der Waals surface area (Å²) in [5.74, 6) is 1.42. The molecule has 4 nitrogen and oxygen atoms in total. The fourth-order valence-electron chi connectivity index (χ4n) is 1.35. The van der Waals surface area contributed by atoms with E-state index in [-0.39, 0.29) is 0 Å². The zero-order chi connectivity index (χ0) is 9.97. The number of nitrogens with zero attached hydrogens (tertiary/aromatic N) is 2. The summed E-state index contributed by atoms with van der Waals surface area (Å²) in [4.78, 5) is 4.13. The number of furan rings is 1. The molecule has 2 heterocycles. The van der Waals surface area contributed by atoms with Crippen molar-refractivity contribution in [2.75, 3.05) is 0 Å². The first-order valence-electron chi connectivity index (χ1n) is 4.45. The number of aromatic nitrogens is 2. The lowest BCUT2D eigenvalue weighted by Crippen LogP contribution is -2.05. The van der Waals surface area contributed by atoms with Crippen molar-refractivity contribution in [2.24, 2.45) is 7.05 Å². The fourth-order valence-corrected chi connectivity index (χ4v) is 1.35. The molecule has 74 valence electrons. The molecule has 1 atom stereocenters. The van der Waals surface area contributed by atoms with Crippen molar-refractivity contribution in [2.45, 2.75) is 12.5 Å². The third-order valence-corrected chi connectivity index (χ3v) is 2.17. The van der Waals surface area contributed by atoms with Crippen molar-refractivity contribution in [3.63, 3.8) is 0 Å². The molecule has 0 saturated heterocycles. The van der Waals surface area contributed by atoms with E-state index in [4.69, 9.17) is 4.42 Å². The Bertz CT molecular complexity index is 392. The van der Waals surface area contributed by atoms with E-state index in [2.05, 4.69) is 4.98 Å². The molecule has 0 aliphatic heterocycles. The van der Waals surface area contributed by atoms with E-state index >= 15 is 0 Å². The minimum atomic E-state index is -0.619. The van der Waals surface area contributed by atoms with Crippen LogP contribution in [0.25, 0.3) is 0 Å². The second-order valence-corrected chi connectivity index (χ2v) is 3.19. The summed E-state index contributed by atoms with van der Waals surface area (Å²) in [5, 5.41) is 9.76. The van der Waals surface area contributed by atoms with Gasteiger partial charge in [0.25, 0.3) is 0 Å². The van der Waals surface area contributed by atoms with Crippen molar-refractivity contribution in [3.8, 4) is 0 Å². The van der Waals surface area contributed by atoms with Crippen LogP contribution >= 0.6 is 0 Å². The lowest BCUT2D eigenvalue weighted by Gasteiger charge is -2.06. The largest absolute Gasteiger partial charge is 0.467 e. The second-order valence-electron chi connectivity index (χ2n) is 3.19. The van der Waals surface area contributed by atoms with Gasteiger partial charge in [0.15, 0.2) is 0 Å². The van der Waals surface area contributed by atoms with Gasteiger partial charge in [-0.15, -0.1) is 0 Å². The van der Waals surface area contributed by atoms with Gasteiger partial charge in [-0.2, -0.15) is 0 Å². The molecule has 1 unspecified atom stereocenters. The van der Waals surface area contributed by atoms with Crippen molar-refractivity contribution < 1.29 is 9.52 Å². The van der Waals surface area contributed by atoms with Gasteiger partial charge in [-0.05, 0) is 12.1 Å². The monoisotopic (exact) mass is 192 g/mol. The summed E-state index contributed by atoms with van der Waals surface area (Å²) in [7, 11) is 1.90. The van der Waals surface area contributed by atoms with Crippen LogP contribution in [-0.4, -0.2) is 14.7 Å². The normalized spacial score (nSPS) is 13.0. The van der Waals surface area contributed by atoms with Crippen LogP contribution in [0.5, 0.6) is 0 Å². The summed E-state index contributed by atoms with van der Waals surface area (Å²) >= 11 is 0. The number of aryl methyl sites for hydroxylation is 1. The number of hydrogen-bond donors (Lipinski definition) is 1. The first kappa shape index (κ1) is 9.02. The smallest absolute Gasteiger partial charge is 0.132 e. The van der Waals surface area contributed by atoms with Crippen molar-refractivity contribution in [1.29, 1.82) is 0 Å². The lowest BCUT2D eigenvalue weighted by atomic mass is 10.2. The van der Waals surface area contributed by atoms with E-state index in [1.807, 2.05) is 17.8 Å². The summed E-state index contributed by atoms with van der Waals surface area (Å²) in [6.45, 7) is 0. The molecule has 0 aromatic carbocycles. The summed E-state index contributed by atoms with van der Waals surface area (Å²) < 4.78 is 6.98. The Kier molecular flexibility index (Phi) is 2.37. The van der Waals surface area contributed by atoms with Gasteiger partial charge in [0.05, 0.1) is 6.26 Å². The quantitative estimate of drug-likeness (QED) is 0.797. The molecule has 4 heteroatoms. The third-order valence-electron chi connectivity index (χ3n) is 2.17. The molecule has 0 radical (unpaired) electrons. The molecule has 14 heavy (non-hydrogen) atoms. The lowest BCUT2D eigenvalue weighted by molar-refractivity contribution is 0.147. The molecule has 0 aliphatic rings. The zero-order valence-electron chi connectivity index (χ0n) is 7.92. The third kappa shape index (κ3) is 1.70. The van der Waals surface area contributed by atoms with E-state index in [9.17, 15) is 5.11 Å². The molecule has 0 fully saturated rings. The Morgan fingerprint density at radius 1 is 1.64 bits per heavy atom. The van der Waals surface area contributed by atoms with Crippen LogP contribution in [-0.2, 0) is 13.5 Å². The second kappa shape index (κ2) is 3.67. The maximum Gasteiger partial charge on any atom is 0.132 e. The maximum atomic E-state index is 9.76. The molecular formula is C10H12N2O2. The highest BCUT2D eigenvalue weighted by molar-refractivity contribution is 5.05. The molecule has 0 amide bonds. The molecule has 1 N–H and O–H groups in total. The van der Waals surface area contributed by atoms with Crippen LogP contribution in [0.3, 0.4) is 0 Å². The topological polar surface area (TPSA) is 51.2 Å². The van der Waals surface area contributed by atoms with E-state index in [0.29, 0.717) is 12.2 Å². The van der Waals surface area contributed by atoms with Crippen molar-refractivity contribution >= 4 is 0 Å². The molecule has 2 aromatic rings. The van der Waals surface area contributed by atoms with Gasteiger partial charge in [0.1, 0.15) is 17.7 Å². The van der Waals surface area contributed by atoms with Gasteiger partial charge < -0.3 is 14.1 Å². The fraction of sp³-hybridized carbons (Fsp3) is 0.300. The van der Waals surface area contributed by atoms with Crippen LogP contribution in [0.1, 0.15) is 17.7 Å². The zero-order valence-corrected chi connectivity index (χ0v) is 7.92. The average molecular weight is 192 g/mol. The number of rotatable bonds is 3. The summed E-state index contributed by atoms with van der Waals surface area (Å²) in [6, 6.07) is 3.52. The number of imidazole rings is 1. The van der Waals surface area contributed by atoms with Gasteiger partial charge >= 0.3 is 0 Å². The predicted molar refractivity (Wildman–Crippen MR) is 50.6 cm³/mol. The van der Waals surface area contributed by atoms with Gasteiger partial charge in [-0.1, -0.05) is 0 Å². The molecule has 0 spiro atoms. The van der Waals surface area contributed by atoms with Crippen LogP contribution in [0.2, 0.25) is 0 Å². The van der Waals surface area contributed by atoms with Crippen LogP contribution < -0.4 is 0 Å². The number of aliphatic hydroxyl groups is 1. The minimum Gasteiger partial charge on any atom is -0.467 e. The van der Waals surface area contributed by atoms with Gasteiger partial charge in [0, 0.05) is 25.9 Å². The first-order valence-corrected chi connectivity index (χ1v) is 4.45. The molecule has 0 saturated carbocycles. The summed E-state index contributed by atoms with van der Waals surface area (Å²) in [5.41, 5.74) is 0. The molecule has 0 bridgehead atoms. The molecule has 0 aliphatic carbocycles. The van der Waals surface area contributed by atoms with Crippen molar-refractivity contribution in [3.05, 3.63) is 42.4 Å². The van der Waals surface area contributed by atoms with Gasteiger partial charge in [-0.3, -0.25) is 0 Å². The predicted octanol–water partition coefficient (Wildman–Crippen LogP) is 1.29. The first-order chi connectivity index (χ1) is 6.77. The number of hydrogen-bond acceptors (Lipinski definition) is 3. The van der Waals surface area contributed by atoms with Crippen LogP contribution in [0.4, 0.5) is 0 Å². The molecule has 2 rings (SSSR count). The highest BCUT2D eigenvalue weighted by Gasteiger charge is 2.13. The van der Waals surface area contributed by atoms with E-state index in [0.717, 1.165) is 5.82 Å². The SMILES string of the molecule is Cn1ccnc1CC(O)c1ccco1.